The summed E-state index contributed by atoms with van der Waals surface area (Å²) in [5.74, 6) is 0.544. The Bertz CT molecular complexity index is 1040. The van der Waals surface area contributed by atoms with Crippen LogP contribution in [0.5, 0.6) is 5.75 Å². The third kappa shape index (κ3) is 4.17. The molecule has 3 aromatic rings. The molecule has 2 heterocycles. The van der Waals surface area contributed by atoms with Crippen LogP contribution in [0.3, 0.4) is 0 Å². The van der Waals surface area contributed by atoms with Crippen molar-refractivity contribution in [2.75, 3.05) is 7.11 Å². The van der Waals surface area contributed by atoms with Gasteiger partial charge >= 0.3 is 0 Å². The number of aromatic nitrogens is 1. The smallest absolute Gasteiger partial charge is 0.255 e. The molecule has 0 spiro atoms. The molecule has 0 fully saturated rings. The van der Waals surface area contributed by atoms with Crippen LogP contribution in [0.2, 0.25) is 0 Å². The lowest BCUT2D eigenvalue weighted by Crippen LogP contribution is -2.34. The van der Waals surface area contributed by atoms with Crippen LogP contribution in [0.15, 0.2) is 72.9 Å². The minimum atomic E-state index is -0.375. The molecule has 6 nitrogen and oxygen atoms in total. The Morgan fingerprint density at radius 1 is 1.10 bits per heavy atom. The minimum absolute atomic E-state index is 0.0519. The molecule has 1 atom stereocenters. The summed E-state index contributed by atoms with van der Waals surface area (Å²) in [7, 11) is 1.61. The molecule has 0 saturated carbocycles. The average molecular weight is 401 g/mol. The molecule has 1 aromatic heterocycles. The highest BCUT2D eigenvalue weighted by Gasteiger charge is 2.34. The van der Waals surface area contributed by atoms with Crippen LogP contribution in [-0.2, 0) is 17.9 Å². The monoisotopic (exact) mass is 401 g/mol. The zero-order chi connectivity index (χ0) is 20.9. The maximum Gasteiger partial charge on any atom is 0.255 e. The van der Waals surface area contributed by atoms with Gasteiger partial charge in [0.05, 0.1) is 31.8 Å². The van der Waals surface area contributed by atoms with Crippen molar-refractivity contribution in [2.45, 2.75) is 25.6 Å². The van der Waals surface area contributed by atoms with Crippen molar-refractivity contribution in [1.82, 2.24) is 15.2 Å². The summed E-state index contributed by atoms with van der Waals surface area (Å²) < 4.78 is 5.25. The zero-order valence-corrected chi connectivity index (χ0v) is 16.7. The van der Waals surface area contributed by atoms with E-state index >= 15 is 0 Å². The van der Waals surface area contributed by atoms with E-state index in [-0.39, 0.29) is 24.3 Å². The lowest BCUT2D eigenvalue weighted by atomic mass is 10.0. The molecule has 1 aliphatic rings. The second kappa shape index (κ2) is 8.78. The summed E-state index contributed by atoms with van der Waals surface area (Å²) in [5.41, 5.74) is 3.36. The Morgan fingerprint density at radius 3 is 2.57 bits per heavy atom. The maximum atomic E-state index is 13.1. The van der Waals surface area contributed by atoms with Crippen molar-refractivity contribution in [3.05, 3.63) is 95.3 Å². The van der Waals surface area contributed by atoms with E-state index in [0.717, 1.165) is 22.6 Å². The predicted molar refractivity (Wildman–Crippen MR) is 113 cm³/mol. The first-order valence-electron chi connectivity index (χ1n) is 9.85. The van der Waals surface area contributed by atoms with Crippen LogP contribution in [0.1, 0.15) is 39.6 Å². The number of fused-ring (bicyclic) bond motifs is 1. The van der Waals surface area contributed by atoms with Crippen molar-refractivity contribution in [1.29, 1.82) is 0 Å². The number of hydrogen-bond donors (Lipinski definition) is 1. The van der Waals surface area contributed by atoms with Crippen LogP contribution in [0.25, 0.3) is 0 Å². The standard InChI is InChI=1S/C24H23N3O3/c1-30-20-11-9-17(10-12-20)22(14-23(28)26-15-19-7-4-5-13-25-19)27-16-18-6-2-3-8-21(18)24(27)29/h2-13,22H,14-16H2,1H3,(H,26,28)/t22-/m1/s1. The van der Waals surface area contributed by atoms with E-state index in [4.69, 9.17) is 4.74 Å². The first-order chi connectivity index (χ1) is 14.7. The highest BCUT2D eigenvalue weighted by molar-refractivity contribution is 5.98. The Labute approximate surface area is 175 Å². The molecule has 2 amide bonds. The van der Waals surface area contributed by atoms with Crippen molar-refractivity contribution in [3.63, 3.8) is 0 Å². The lowest BCUT2D eigenvalue weighted by molar-refractivity contribution is -0.122. The molecule has 1 N–H and O–H groups in total. The number of nitrogens with zero attached hydrogens (tertiary/aromatic N) is 2. The second-order valence-corrected chi connectivity index (χ2v) is 7.18. The number of carbonyl (C=O) groups excluding carboxylic acids is 2. The normalized spacial score (nSPS) is 13.6. The van der Waals surface area contributed by atoms with E-state index in [2.05, 4.69) is 10.3 Å². The summed E-state index contributed by atoms with van der Waals surface area (Å²) in [6.45, 7) is 0.836. The molecule has 6 heteroatoms. The van der Waals surface area contributed by atoms with Crippen LogP contribution < -0.4 is 10.1 Å². The van der Waals surface area contributed by atoms with Crippen molar-refractivity contribution in [2.24, 2.45) is 0 Å². The van der Waals surface area contributed by atoms with Crippen LogP contribution >= 0.6 is 0 Å². The number of pyridine rings is 1. The minimum Gasteiger partial charge on any atom is -0.497 e. The molecule has 1 aliphatic heterocycles. The fraction of sp³-hybridized carbons (Fsp3) is 0.208. The number of nitrogens with one attached hydrogen (secondary N) is 1. The van der Waals surface area contributed by atoms with Crippen LogP contribution in [0.4, 0.5) is 0 Å². The van der Waals surface area contributed by atoms with Gasteiger partial charge in [-0.25, -0.2) is 0 Å². The highest BCUT2D eigenvalue weighted by atomic mass is 16.5. The third-order valence-electron chi connectivity index (χ3n) is 5.30. The van der Waals surface area contributed by atoms with E-state index in [1.165, 1.54) is 0 Å². The van der Waals surface area contributed by atoms with E-state index in [1.807, 2.05) is 66.7 Å². The molecule has 0 bridgehead atoms. The van der Waals surface area contributed by atoms with Gasteiger partial charge in [-0.3, -0.25) is 14.6 Å². The molecule has 0 aliphatic carbocycles. The van der Waals surface area contributed by atoms with E-state index in [1.54, 1.807) is 18.2 Å². The molecule has 152 valence electrons. The molecule has 2 aromatic carbocycles. The molecule has 0 unspecified atom stereocenters. The zero-order valence-electron chi connectivity index (χ0n) is 16.7. The molecular weight excluding hydrogens is 378 g/mol. The van der Waals surface area contributed by atoms with Gasteiger partial charge in [0, 0.05) is 18.3 Å². The van der Waals surface area contributed by atoms with Gasteiger partial charge in [-0.05, 0) is 41.5 Å². The second-order valence-electron chi connectivity index (χ2n) is 7.18. The number of benzene rings is 2. The van der Waals surface area contributed by atoms with Gasteiger partial charge in [0.2, 0.25) is 5.91 Å². The molecule has 30 heavy (non-hydrogen) atoms. The van der Waals surface area contributed by atoms with Crippen LogP contribution in [0, 0.1) is 0 Å². The highest BCUT2D eigenvalue weighted by Crippen LogP contribution is 2.34. The molecule has 0 saturated heterocycles. The maximum absolute atomic E-state index is 13.1. The van der Waals surface area contributed by atoms with E-state index in [0.29, 0.717) is 18.7 Å². The Balaban J connectivity index is 1.54. The first-order valence-corrected chi connectivity index (χ1v) is 9.85. The van der Waals surface area contributed by atoms with E-state index < -0.39 is 0 Å². The lowest BCUT2D eigenvalue weighted by Gasteiger charge is -2.28. The Kier molecular flexibility index (Phi) is 5.75. The fourth-order valence-corrected chi connectivity index (χ4v) is 3.70. The number of amides is 2. The quantitative estimate of drug-likeness (QED) is 0.658. The molecule has 0 radical (unpaired) electrons. The summed E-state index contributed by atoms with van der Waals surface area (Å²) in [4.78, 5) is 31.8. The number of rotatable bonds is 7. The first kappa shape index (κ1) is 19.6. The molecule has 4 rings (SSSR count). The largest absolute Gasteiger partial charge is 0.497 e. The fourth-order valence-electron chi connectivity index (χ4n) is 3.70. The topological polar surface area (TPSA) is 71.5 Å². The summed E-state index contributed by atoms with van der Waals surface area (Å²) in [6.07, 6.45) is 1.86. The summed E-state index contributed by atoms with van der Waals surface area (Å²) in [5, 5.41) is 2.92. The third-order valence-corrected chi connectivity index (χ3v) is 5.30. The average Bonchev–Trinajstić information content (AvgIpc) is 3.13. The summed E-state index contributed by atoms with van der Waals surface area (Å²) in [6, 6.07) is 20.3. The van der Waals surface area contributed by atoms with Gasteiger partial charge in [-0.1, -0.05) is 36.4 Å². The van der Waals surface area contributed by atoms with Gasteiger partial charge in [0.15, 0.2) is 0 Å². The van der Waals surface area contributed by atoms with Gasteiger partial charge in [-0.15, -0.1) is 0 Å². The molecular formula is C24H23N3O3. The van der Waals surface area contributed by atoms with Gasteiger partial charge < -0.3 is 15.0 Å². The van der Waals surface area contributed by atoms with Crippen molar-refractivity contribution in [3.8, 4) is 5.75 Å². The number of carbonyl (C=O) groups is 2. The van der Waals surface area contributed by atoms with E-state index in [9.17, 15) is 9.59 Å². The van der Waals surface area contributed by atoms with Gasteiger partial charge in [0.25, 0.3) is 5.91 Å². The number of ether oxygens (including phenoxy) is 1. The predicted octanol–water partition coefficient (Wildman–Crippen LogP) is 3.49. The Hall–Kier alpha value is -3.67. The van der Waals surface area contributed by atoms with Crippen LogP contribution in [-0.4, -0.2) is 28.8 Å². The Morgan fingerprint density at radius 2 is 1.87 bits per heavy atom. The number of hydrogen-bond acceptors (Lipinski definition) is 4. The summed E-state index contributed by atoms with van der Waals surface area (Å²) >= 11 is 0. The van der Waals surface area contributed by atoms with Crippen molar-refractivity contribution >= 4 is 11.8 Å². The van der Waals surface area contributed by atoms with Gasteiger partial charge in [0.1, 0.15) is 5.75 Å². The van der Waals surface area contributed by atoms with Gasteiger partial charge in [-0.2, -0.15) is 0 Å². The SMILES string of the molecule is COc1ccc([C@@H](CC(=O)NCc2ccccn2)N2Cc3ccccc3C2=O)cc1. The van der Waals surface area contributed by atoms with Crippen molar-refractivity contribution < 1.29 is 14.3 Å². The number of methoxy groups -OCH3 is 1.